The van der Waals surface area contributed by atoms with Crippen molar-refractivity contribution in [3.05, 3.63) is 144 Å². The summed E-state index contributed by atoms with van der Waals surface area (Å²) in [5.74, 6) is 1.17. The molecule has 0 bridgehead atoms. The van der Waals surface area contributed by atoms with E-state index in [1.807, 2.05) is 36.4 Å². The zero-order valence-corrected chi connectivity index (χ0v) is 20.5. The molecule has 0 aromatic heterocycles. The summed E-state index contributed by atoms with van der Waals surface area (Å²) >= 11 is 0. The maximum absolute atomic E-state index is 14.2. The monoisotopic (exact) mass is 487 g/mol. The number of benzene rings is 5. The Morgan fingerprint density at radius 3 is 2.27 bits per heavy atom. The van der Waals surface area contributed by atoms with Crippen molar-refractivity contribution in [3.63, 3.8) is 0 Å². The van der Waals surface area contributed by atoms with Gasteiger partial charge in [-0.1, -0.05) is 72.8 Å². The summed E-state index contributed by atoms with van der Waals surface area (Å²) in [5.41, 5.74) is 7.02. The highest BCUT2D eigenvalue weighted by atomic mass is 19.1. The Bertz CT molecular complexity index is 1540. The molecule has 6 rings (SSSR count). The molecule has 3 nitrogen and oxygen atoms in total. The highest BCUT2D eigenvalue weighted by molar-refractivity contribution is 5.84. The SMILES string of the molecule is COc1cccc2c1-c1cc(N(Cc3ccccc3)c3ccccc3)ccc1C(c1cccc(F)c1)O2. The Morgan fingerprint density at radius 2 is 1.51 bits per heavy atom. The van der Waals surface area contributed by atoms with Crippen LogP contribution in [-0.2, 0) is 6.54 Å². The molecule has 1 heterocycles. The molecule has 0 saturated carbocycles. The van der Waals surface area contributed by atoms with Gasteiger partial charge in [0.15, 0.2) is 0 Å². The number of nitrogens with zero attached hydrogens (tertiary/aromatic N) is 1. The lowest BCUT2D eigenvalue weighted by atomic mass is 9.88. The second-order valence-electron chi connectivity index (χ2n) is 9.07. The van der Waals surface area contributed by atoms with E-state index in [9.17, 15) is 4.39 Å². The maximum atomic E-state index is 14.2. The van der Waals surface area contributed by atoms with Gasteiger partial charge in [0.1, 0.15) is 23.4 Å². The number of anilines is 2. The van der Waals surface area contributed by atoms with Crippen molar-refractivity contribution in [2.24, 2.45) is 0 Å². The van der Waals surface area contributed by atoms with Crippen LogP contribution >= 0.6 is 0 Å². The van der Waals surface area contributed by atoms with Gasteiger partial charge in [0, 0.05) is 23.5 Å². The number of halogens is 1. The van der Waals surface area contributed by atoms with Gasteiger partial charge < -0.3 is 14.4 Å². The van der Waals surface area contributed by atoms with Crippen LogP contribution in [0.5, 0.6) is 11.5 Å². The van der Waals surface area contributed by atoms with Crippen LogP contribution in [0, 0.1) is 5.82 Å². The fourth-order valence-corrected chi connectivity index (χ4v) is 5.02. The summed E-state index contributed by atoms with van der Waals surface area (Å²) in [5, 5.41) is 0. The minimum absolute atomic E-state index is 0.283. The average Bonchev–Trinajstić information content (AvgIpc) is 2.96. The van der Waals surface area contributed by atoms with Crippen molar-refractivity contribution in [2.75, 3.05) is 12.0 Å². The van der Waals surface area contributed by atoms with Crippen LogP contribution in [-0.4, -0.2) is 7.11 Å². The second kappa shape index (κ2) is 9.82. The normalized spacial score (nSPS) is 13.7. The molecule has 1 aliphatic rings. The minimum Gasteiger partial charge on any atom is -0.496 e. The van der Waals surface area contributed by atoms with E-state index in [-0.39, 0.29) is 5.82 Å². The van der Waals surface area contributed by atoms with Crippen molar-refractivity contribution in [2.45, 2.75) is 12.6 Å². The summed E-state index contributed by atoms with van der Waals surface area (Å²) in [6.07, 6.45) is -0.432. The number of fused-ring (bicyclic) bond motifs is 3. The predicted molar refractivity (Wildman–Crippen MR) is 146 cm³/mol. The van der Waals surface area contributed by atoms with Gasteiger partial charge in [-0.3, -0.25) is 0 Å². The van der Waals surface area contributed by atoms with Crippen LogP contribution in [0.3, 0.4) is 0 Å². The summed E-state index contributed by atoms with van der Waals surface area (Å²) < 4.78 is 26.4. The van der Waals surface area contributed by atoms with E-state index in [2.05, 4.69) is 71.6 Å². The van der Waals surface area contributed by atoms with Gasteiger partial charge in [0.2, 0.25) is 0 Å². The summed E-state index contributed by atoms with van der Waals surface area (Å²) in [7, 11) is 1.67. The average molecular weight is 488 g/mol. The number of ether oxygens (including phenoxy) is 2. The van der Waals surface area contributed by atoms with E-state index in [0.29, 0.717) is 12.3 Å². The van der Waals surface area contributed by atoms with Crippen LogP contribution in [0.25, 0.3) is 11.1 Å². The number of hydrogen-bond donors (Lipinski definition) is 0. The fourth-order valence-electron chi connectivity index (χ4n) is 5.02. The van der Waals surface area contributed by atoms with Crippen molar-refractivity contribution >= 4 is 11.4 Å². The molecule has 1 aliphatic heterocycles. The zero-order chi connectivity index (χ0) is 25.2. The minimum atomic E-state index is -0.432. The fraction of sp³-hybridized carbons (Fsp3) is 0.0909. The Morgan fingerprint density at radius 1 is 0.757 bits per heavy atom. The van der Waals surface area contributed by atoms with Crippen molar-refractivity contribution in [1.82, 2.24) is 0 Å². The van der Waals surface area contributed by atoms with Gasteiger partial charge in [-0.05, 0) is 65.2 Å². The quantitative estimate of drug-likeness (QED) is 0.240. The van der Waals surface area contributed by atoms with E-state index in [1.54, 1.807) is 19.2 Å². The van der Waals surface area contributed by atoms with Crippen LogP contribution in [0.2, 0.25) is 0 Å². The molecule has 0 spiro atoms. The van der Waals surface area contributed by atoms with Gasteiger partial charge in [-0.25, -0.2) is 4.39 Å². The first-order chi connectivity index (χ1) is 18.2. The molecule has 37 heavy (non-hydrogen) atoms. The topological polar surface area (TPSA) is 21.7 Å². The molecule has 0 aliphatic carbocycles. The van der Waals surface area contributed by atoms with E-state index in [0.717, 1.165) is 39.4 Å². The van der Waals surface area contributed by atoms with E-state index in [1.165, 1.54) is 11.6 Å². The van der Waals surface area contributed by atoms with E-state index >= 15 is 0 Å². The van der Waals surface area contributed by atoms with Crippen molar-refractivity contribution < 1.29 is 13.9 Å². The standard InChI is InChI=1S/C33H26FNO2/c1-36-30-16-9-17-31-32(30)29-21-27(18-19-28(29)33(37-31)24-12-8-13-25(34)20-24)35(26-14-6-3-7-15-26)22-23-10-4-2-5-11-23/h2-21,33H,22H2,1H3. The molecule has 0 saturated heterocycles. The summed E-state index contributed by atoms with van der Waals surface area (Å²) in [6.45, 7) is 0.715. The predicted octanol–water partition coefficient (Wildman–Crippen LogP) is 8.32. The van der Waals surface area contributed by atoms with Gasteiger partial charge in [0.25, 0.3) is 0 Å². The number of methoxy groups -OCH3 is 1. The third-order valence-electron chi connectivity index (χ3n) is 6.76. The Kier molecular flexibility index (Phi) is 6.07. The first-order valence-electron chi connectivity index (χ1n) is 12.3. The molecular formula is C33H26FNO2. The van der Waals surface area contributed by atoms with Crippen LogP contribution in [0.15, 0.2) is 121 Å². The Balaban J connectivity index is 1.53. The molecule has 0 fully saturated rings. The van der Waals surface area contributed by atoms with E-state index in [4.69, 9.17) is 9.47 Å². The largest absolute Gasteiger partial charge is 0.496 e. The molecule has 0 amide bonds. The molecule has 0 radical (unpaired) electrons. The number of hydrogen-bond acceptors (Lipinski definition) is 3. The maximum Gasteiger partial charge on any atom is 0.150 e. The Hall–Kier alpha value is -4.57. The molecule has 5 aromatic rings. The van der Waals surface area contributed by atoms with Gasteiger partial charge >= 0.3 is 0 Å². The Labute approximate surface area is 216 Å². The molecule has 0 N–H and O–H groups in total. The first kappa shape index (κ1) is 22.9. The van der Waals surface area contributed by atoms with E-state index < -0.39 is 6.10 Å². The van der Waals surface area contributed by atoms with Crippen molar-refractivity contribution in [1.29, 1.82) is 0 Å². The van der Waals surface area contributed by atoms with Crippen LogP contribution in [0.1, 0.15) is 22.8 Å². The zero-order valence-electron chi connectivity index (χ0n) is 20.5. The van der Waals surface area contributed by atoms with Crippen LogP contribution < -0.4 is 14.4 Å². The molecule has 4 heteroatoms. The molecule has 1 atom stereocenters. The lowest BCUT2D eigenvalue weighted by molar-refractivity contribution is 0.241. The summed E-state index contributed by atoms with van der Waals surface area (Å²) in [4.78, 5) is 2.30. The van der Waals surface area contributed by atoms with Gasteiger partial charge in [-0.2, -0.15) is 0 Å². The molecular weight excluding hydrogens is 461 g/mol. The highest BCUT2D eigenvalue weighted by Crippen LogP contribution is 2.50. The number of para-hydroxylation sites is 1. The van der Waals surface area contributed by atoms with Gasteiger partial charge in [0.05, 0.1) is 12.7 Å². The van der Waals surface area contributed by atoms with Crippen LogP contribution in [0.4, 0.5) is 15.8 Å². The lowest BCUT2D eigenvalue weighted by Gasteiger charge is -2.32. The molecule has 5 aromatic carbocycles. The molecule has 182 valence electrons. The third kappa shape index (κ3) is 4.43. The number of rotatable bonds is 6. The third-order valence-corrected chi connectivity index (χ3v) is 6.76. The molecule has 1 unspecified atom stereocenters. The smallest absolute Gasteiger partial charge is 0.150 e. The summed E-state index contributed by atoms with van der Waals surface area (Å²) in [6, 6.07) is 39.6. The van der Waals surface area contributed by atoms with Crippen molar-refractivity contribution in [3.8, 4) is 22.6 Å². The first-order valence-corrected chi connectivity index (χ1v) is 12.3. The second-order valence-corrected chi connectivity index (χ2v) is 9.07. The van der Waals surface area contributed by atoms with Gasteiger partial charge in [-0.15, -0.1) is 0 Å². The highest BCUT2D eigenvalue weighted by Gasteiger charge is 2.30. The lowest BCUT2D eigenvalue weighted by Crippen LogP contribution is -2.19.